The zero-order valence-electron chi connectivity index (χ0n) is 17.0. The van der Waals surface area contributed by atoms with Gasteiger partial charge < -0.3 is 15.1 Å². The van der Waals surface area contributed by atoms with Gasteiger partial charge in [-0.05, 0) is 30.5 Å². The molecular formula is C24H24ClN3O3. The Morgan fingerprint density at radius 1 is 1.10 bits per heavy atom. The molecule has 0 aliphatic heterocycles. The van der Waals surface area contributed by atoms with Crippen molar-refractivity contribution in [3.63, 3.8) is 0 Å². The molecule has 2 aromatic carbocycles. The standard InChI is InChI=1S/C24H24ClN3O3/c25-19-9-5-4-8-18(19)21-15-26-23(31-21)13-12-22(29)28-20(24(30)27-17-10-11-17)14-16-6-2-1-3-7-16/h1-9,15,17,20H,10-14H2,(H,27,30)(H,28,29). The Kier molecular flexibility index (Phi) is 6.67. The van der Waals surface area contributed by atoms with Gasteiger partial charge in [0.1, 0.15) is 6.04 Å². The highest BCUT2D eigenvalue weighted by molar-refractivity contribution is 6.33. The van der Waals surface area contributed by atoms with Crippen molar-refractivity contribution >= 4 is 23.4 Å². The second kappa shape index (κ2) is 9.79. The summed E-state index contributed by atoms with van der Waals surface area (Å²) in [5.41, 5.74) is 1.75. The summed E-state index contributed by atoms with van der Waals surface area (Å²) >= 11 is 6.20. The van der Waals surface area contributed by atoms with E-state index in [-0.39, 0.29) is 24.3 Å². The Labute approximate surface area is 186 Å². The Morgan fingerprint density at radius 2 is 1.84 bits per heavy atom. The first-order valence-electron chi connectivity index (χ1n) is 10.4. The van der Waals surface area contributed by atoms with E-state index in [4.69, 9.17) is 16.0 Å². The first-order valence-corrected chi connectivity index (χ1v) is 10.8. The molecule has 0 bridgehead atoms. The lowest BCUT2D eigenvalue weighted by Crippen LogP contribution is -2.48. The molecule has 3 aromatic rings. The van der Waals surface area contributed by atoms with Crippen LogP contribution in [0.2, 0.25) is 5.02 Å². The lowest BCUT2D eigenvalue weighted by molar-refractivity contribution is -0.129. The predicted molar refractivity (Wildman–Crippen MR) is 119 cm³/mol. The van der Waals surface area contributed by atoms with Crippen molar-refractivity contribution in [2.24, 2.45) is 0 Å². The molecule has 0 spiro atoms. The Morgan fingerprint density at radius 3 is 2.58 bits per heavy atom. The predicted octanol–water partition coefficient (Wildman–Crippen LogP) is 3.93. The quantitative estimate of drug-likeness (QED) is 0.531. The van der Waals surface area contributed by atoms with E-state index in [1.165, 1.54) is 0 Å². The van der Waals surface area contributed by atoms with E-state index in [1.54, 1.807) is 12.3 Å². The number of amides is 2. The number of carbonyl (C=O) groups excluding carboxylic acids is 2. The second-order valence-corrected chi connectivity index (χ2v) is 8.10. The third-order valence-corrected chi connectivity index (χ3v) is 5.45. The summed E-state index contributed by atoms with van der Waals surface area (Å²) in [6.07, 6.45) is 4.55. The number of hydrogen-bond donors (Lipinski definition) is 2. The number of benzene rings is 2. The van der Waals surface area contributed by atoms with Crippen LogP contribution >= 0.6 is 11.6 Å². The van der Waals surface area contributed by atoms with Crippen LogP contribution in [0.25, 0.3) is 11.3 Å². The molecule has 1 aromatic heterocycles. The van der Waals surface area contributed by atoms with Gasteiger partial charge in [-0.2, -0.15) is 0 Å². The fraction of sp³-hybridized carbons (Fsp3) is 0.292. The van der Waals surface area contributed by atoms with Crippen LogP contribution in [0.5, 0.6) is 0 Å². The van der Waals surface area contributed by atoms with Crippen molar-refractivity contribution in [3.05, 3.63) is 77.3 Å². The van der Waals surface area contributed by atoms with Crippen molar-refractivity contribution in [3.8, 4) is 11.3 Å². The molecule has 2 N–H and O–H groups in total. The maximum absolute atomic E-state index is 12.6. The molecule has 1 unspecified atom stereocenters. The molecule has 1 fully saturated rings. The summed E-state index contributed by atoms with van der Waals surface area (Å²) in [6.45, 7) is 0. The van der Waals surface area contributed by atoms with Gasteiger partial charge in [0.05, 0.1) is 11.2 Å². The number of aromatic nitrogens is 1. The molecule has 7 heteroatoms. The molecule has 1 atom stereocenters. The zero-order chi connectivity index (χ0) is 21.6. The molecule has 4 rings (SSSR count). The lowest BCUT2D eigenvalue weighted by atomic mass is 10.0. The molecular weight excluding hydrogens is 414 g/mol. The van der Waals surface area contributed by atoms with Crippen LogP contribution in [-0.4, -0.2) is 28.9 Å². The van der Waals surface area contributed by atoms with Crippen molar-refractivity contribution in [2.45, 2.75) is 44.2 Å². The molecule has 2 amide bonds. The average Bonchev–Trinajstić information content (AvgIpc) is 3.46. The third kappa shape index (κ3) is 5.95. The van der Waals surface area contributed by atoms with Crippen molar-refractivity contribution in [1.29, 1.82) is 0 Å². The molecule has 0 saturated heterocycles. The molecule has 6 nitrogen and oxygen atoms in total. The van der Waals surface area contributed by atoms with Crippen LogP contribution in [0.3, 0.4) is 0 Å². The van der Waals surface area contributed by atoms with Crippen molar-refractivity contribution < 1.29 is 14.0 Å². The third-order valence-electron chi connectivity index (χ3n) is 5.12. The molecule has 1 aliphatic rings. The summed E-state index contributed by atoms with van der Waals surface area (Å²) in [5, 5.41) is 6.44. The van der Waals surface area contributed by atoms with Crippen molar-refractivity contribution in [1.82, 2.24) is 15.6 Å². The topological polar surface area (TPSA) is 84.2 Å². The van der Waals surface area contributed by atoms with Gasteiger partial charge >= 0.3 is 0 Å². The Balaban J connectivity index is 1.35. The average molecular weight is 438 g/mol. The van der Waals surface area contributed by atoms with E-state index < -0.39 is 6.04 Å². The lowest BCUT2D eigenvalue weighted by Gasteiger charge is -2.18. The van der Waals surface area contributed by atoms with E-state index in [0.717, 1.165) is 24.0 Å². The highest BCUT2D eigenvalue weighted by Gasteiger charge is 2.28. The number of rotatable bonds is 9. The number of hydrogen-bond acceptors (Lipinski definition) is 4. The molecule has 1 saturated carbocycles. The van der Waals surface area contributed by atoms with E-state index in [0.29, 0.717) is 29.5 Å². The van der Waals surface area contributed by atoms with Gasteiger partial charge in [-0.3, -0.25) is 9.59 Å². The number of aryl methyl sites for hydroxylation is 1. The first kappa shape index (κ1) is 21.1. The van der Waals surface area contributed by atoms with Crippen LogP contribution in [0.1, 0.15) is 30.7 Å². The Bertz CT molecular complexity index is 1050. The van der Waals surface area contributed by atoms with Gasteiger partial charge in [-0.15, -0.1) is 0 Å². The highest BCUT2D eigenvalue weighted by Crippen LogP contribution is 2.28. The van der Waals surface area contributed by atoms with Crippen molar-refractivity contribution in [2.75, 3.05) is 0 Å². The zero-order valence-corrected chi connectivity index (χ0v) is 17.8. The van der Waals surface area contributed by atoms with E-state index in [1.807, 2.05) is 48.5 Å². The maximum Gasteiger partial charge on any atom is 0.243 e. The van der Waals surface area contributed by atoms with Gasteiger partial charge in [0.15, 0.2) is 11.7 Å². The van der Waals surface area contributed by atoms with Gasteiger partial charge in [0.2, 0.25) is 11.8 Å². The van der Waals surface area contributed by atoms with Gasteiger partial charge in [0, 0.05) is 30.9 Å². The second-order valence-electron chi connectivity index (χ2n) is 7.69. The van der Waals surface area contributed by atoms with E-state index >= 15 is 0 Å². The maximum atomic E-state index is 12.6. The van der Waals surface area contributed by atoms with E-state index in [9.17, 15) is 9.59 Å². The SMILES string of the molecule is O=C(CCc1ncc(-c2ccccc2Cl)o1)NC(Cc1ccccc1)C(=O)NC1CC1. The number of oxazole rings is 1. The fourth-order valence-electron chi connectivity index (χ4n) is 3.29. The summed E-state index contributed by atoms with van der Waals surface area (Å²) < 4.78 is 5.76. The summed E-state index contributed by atoms with van der Waals surface area (Å²) in [4.78, 5) is 29.5. The van der Waals surface area contributed by atoms with Gasteiger partial charge in [0.25, 0.3) is 0 Å². The Hall–Kier alpha value is -3.12. The molecule has 31 heavy (non-hydrogen) atoms. The number of halogens is 1. The van der Waals surface area contributed by atoms with Crippen LogP contribution in [0.4, 0.5) is 0 Å². The van der Waals surface area contributed by atoms with Gasteiger partial charge in [-0.1, -0.05) is 54.1 Å². The summed E-state index contributed by atoms with van der Waals surface area (Å²) in [6, 6.07) is 16.6. The van der Waals surface area contributed by atoms with Crippen LogP contribution < -0.4 is 10.6 Å². The largest absolute Gasteiger partial charge is 0.441 e. The van der Waals surface area contributed by atoms with Crippen LogP contribution in [0.15, 0.2) is 65.2 Å². The molecule has 1 aliphatic carbocycles. The van der Waals surface area contributed by atoms with Crippen LogP contribution in [-0.2, 0) is 22.4 Å². The highest BCUT2D eigenvalue weighted by atomic mass is 35.5. The van der Waals surface area contributed by atoms with Gasteiger partial charge in [-0.25, -0.2) is 4.98 Å². The number of nitrogens with one attached hydrogen (secondary N) is 2. The summed E-state index contributed by atoms with van der Waals surface area (Å²) in [5.74, 6) is 0.653. The monoisotopic (exact) mass is 437 g/mol. The fourth-order valence-corrected chi connectivity index (χ4v) is 3.52. The normalized spacial score (nSPS) is 14.1. The minimum atomic E-state index is -0.612. The molecule has 1 heterocycles. The number of nitrogens with zero attached hydrogens (tertiary/aromatic N) is 1. The summed E-state index contributed by atoms with van der Waals surface area (Å²) in [7, 11) is 0. The van der Waals surface area contributed by atoms with E-state index in [2.05, 4.69) is 15.6 Å². The van der Waals surface area contributed by atoms with Crippen LogP contribution in [0, 0.1) is 0 Å². The molecule has 0 radical (unpaired) electrons. The number of carbonyl (C=O) groups is 2. The smallest absolute Gasteiger partial charge is 0.243 e. The first-order chi connectivity index (χ1) is 15.1. The minimum Gasteiger partial charge on any atom is -0.441 e. The molecule has 160 valence electrons. The minimum absolute atomic E-state index is 0.142.